The molecule has 2 rings (SSSR count). The van der Waals surface area contributed by atoms with Crippen LogP contribution < -0.4 is 15.8 Å². The van der Waals surface area contributed by atoms with Crippen molar-refractivity contribution in [3.63, 3.8) is 0 Å². The van der Waals surface area contributed by atoms with Gasteiger partial charge in [0.1, 0.15) is 11.9 Å². The van der Waals surface area contributed by atoms with Gasteiger partial charge in [-0.25, -0.2) is 0 Å². The quantitative estimate of drug-likeness (QED) is 0.822. The molecule has 3 nitrogen and oxygen atoms in total. The summed E-state index contributed by atoms with van der Waals surface area (Å²) in [6.07, 6.45) is 2.29. The maximum atomic E-state index is 5.70. The van der Waals surface area contributed by atoms with Crippen LogP contribution in [0.15, 0.2) is 18.2 Å². The van der Waals surface area contributed by atoms with Crippen LogP contribution in [0.25, 0.3) is 0 Å². The summed E-state index contributed by atoms with van der Waals surface area (Å²) in [6.45, 7) is 6.09. The van der Waals surface area contributed by atoms with E-state index in [2.05, 4.69) is 31.3 Å². The van der Waals surface area contributed by atoms with E-state index in [0.717, 1.165) is 24.6 Å². The van der Waals surface area contributed by atoms with E-state index >= 15 is 0 Å². The average Bonchev–Trinajstić information content (AvgIpc) is 2.70. The van der Waals surface area contributed by atoms with Crippen LogP contribution in [-0.2, 0) is 6.42 Å². The fourth-order valence-corrected chi connectivity index (χ4v) is 2.07. The van der Waals surface area contributed by atoms with E-state index in [-0.39, 0.29) is 6.10 Å². The molecule has 0 saturated heterocycles. The summed E-state index contributed by atoms with van der Waals surface area (Å²) in [6, 6.07) is 6.31. The summed E-state index contributed by atoms with van der Waals surface area (Å²) >= 11 is 0. The Kier molecular flexibility index (Phi) is 3.89. The van der Waals surface area contributed by atoms with Gasteiger partial charge in [-0.3, -0.25) is 0 Å². The molecule has 0 aromatic heterocycles. The van der Waals surface area contributed by atoms with E-state index in [1.165, 1.54) is 17.7 Å². The molecule has 17 heavy (non-hydrogen) atoms. The highest BCUT2D eigenvalue weighted by Crippen LogP contribution is 2.30. The third-order valence-corrected chi connectivity index (χ3v) is 3.12. The molecule has 0 saturated carbocycles. The third kappa shape index (κ3) is 3.13. The van der Waals surface area contributed by atoms with Gasteiger partial charge in [-0.15, -0.1) is 0 Å². The molecule has 1 unspecified atom stereocenters. The molecule has 1 atom stereocenters. The molecular weight excluding hydrogens is 212 g/mol. The molecule has 0 spiro atoms. The molecule has 1 aliphatic rings. The minimum atomic E-state index is 0.163. The van der Waals surface area contributed by atoms with Crippen molar-refractivity contribution in [1.29, 1.82) is 0 Å². The van der Waals surface area contributed by atoms with Crippen molar-refractivity contribution in [1.82, 2.24) is 0 Å². The van der Waals surface area contributed by atoms with Crippen LogP contribution in [0, 0.1) is 5.92 Å². The van der Waals surface area contributed by atoms with Gasteiger partial charge in [0.2, 0.25) is 0 Å². The Morgan fingerprint density at radius 2 is 2.29 bits per heavy atom. The van der Waals surface area contributed by atoms with Crippen LogP contribution in [0.4, 0.5) is 5.69 Å². The first kappa shape index (κ1) is 12.2. The topological polar surface area (TPSA) is 47.3 Å². The second-order valence-corrected chi connectivity index (χ2v) is 5.11. The Hall–Kier alpha value is -1.22. The maximum absolute atomic E-state index is 5.70. The number of hydrogen-bond donors (Lipinski definition) is 2. The van der Waals surface area contributed by atoms with Gasteiger partial charge in [-0.2, -0.15) is 0 Å². The number of benzene rings is 1. The van der Waals surface area contributed by atoms with Crippen LogP contribution in [-0.4, -0.2) is 19.2 Å². The minimum Gasteiger partial charge on any atom is -0.488 e. The Morgan fingerprint density at radius 1 is 1.47 bits per heavy atom. The summed E-state index contributed by atoms with van der Waals surface area (Å²) in [5.74, 6) is 1.73. The lowest BCUT2D eigenvalue weighted by Gasteiger charge is -2.09. The Balaban J connectivity index is 1.94. The molecule has 94 valence electrons. The van der Waals surface area contributed by atoms with E-state index in [0.29, 0.717) is 6.54 Å². The van der Waals surface area contributed by atoms with Crippen molar-refractivity contribution in [2.75, 3.05) is 18.4 Å². The van der Waals surface area contributed by atoms with Crippen LogP contribution in [0.2, 0.25) is 0 Å². The molecule has 0 bridgehead atoms. The SMILES string of the molecule is CC(C)CCNc1ccc2c(c1)CC(CN)O2. The van der Waals surface area contributed by atoms with Crippen LogP contribution >= 0.6 is 0 Å². The van der Waals surface area contributed by atoms with E-state index in [1.807, 2.05) is 6.07 Å². The summed E-state index contributed by atoms with van der Waals surface area (Å²) in [7, 11) is 0. The van der Waals surface area contributed by atoms with Gasteiger partial charge in [0.05, 0.1) is 0 Å². The average molecular weight is 234 g/mol. The zero-order valence-corrected chi connectivity index (χ0v) is 10.7. The normalized spacial score (nSPS) is 18.0. The molecule has 1 aromatic carbocycles. The molecule has 1 aromatic rings. The van der Waals surface area contributed by atoms with Gasteiger partial charge >= 0.3 is 0 Å². The van der Waals surface area contributed by atoms with Crippen LogP contribution in [0.1, 0.15) is 25.8 Å². The Bertz CT molecular complexity index is 376. The molecule has 3 N–H and O–H groups in total. The van der Waals surface area contributed by atoms with Crippen molar-refractivity contribution in [2.24, 2.45) is 11.7 Å². The first-order valence-corrected chi connectivity index (χ1v) is 6.42. The zero-order valence-electron chi connectivity index (χ0n) is 10.7. The summed E-state index contributed by atoms with van der Waals surface area (Å²) in [4.78, 5) is 0. The first-order chi connectivity index (χ1) is 8.19. The van der Waals surface area contributed by atoms with Crippen molar-refractivity contribution >= 4 is 5.69 Å². The van der Waals surface area contributed by atoms with Crippen LogP contribution in [0.5, 0.6) is 5.75 Å². The smallest absolute Gasteiger partial charge is 0.123 e. The second kappa shape index (κ2) is 5.41. The lowest BCUT2D eigenvalue weighted by atomic mass is 10.1. The van der Waals surface area contributed by atoms with E-state index in [4.69, 9.17) is 10.5 Å². The Morgan fingerprint density at radius 3 is 3.00 bits per heavy atom. The zero-order chi connectivity index (χ0) is 12.3. The Labute approximate surface area is 103 Å². The van der Waals surface area contributed by atoms with Gasteiger partial charge in [0.15, 0.2) is 0 Å². The minimum absolute atomic E-state index is 0.163. The highest BCUT2D eigenvalue weighted by atomic mass is 16.5. The van der Waals surface area contributed by atoms with Crippen molar-refractivity contribution < 1.29 is 4.74 Å². The lowest BCUT2D eigenvalue weighted by molar-refractivity contribution is 0.241. The first-order valence-electron chi connectivity index (χ1n) is 6.42. The number of fused-ring (bicyclic) bond motifs is 1. The predicted molar refractivity (Wildman–Crippen MR) is 71.6 cm³/mol. The molecular formula is C14H22N2O. The van der Waals surface area contributed by atoms with Gasteiger partial charge in [-0.05, 0) is 36.1 Å². The molecule has 3 heteroatoms. The molecule has 1 heterocycles. The molecule has 0 fully saturated rings. The number of hydrogen-bond acceptors (Lipinski definition) is 3. The maximum Gasteiger partial charge on any atom is 0.123 e. The van der Waals surface area contributed by atoms with Crippen molar-refractivity contribution in [3.8, 4) is 5.75 Å². The predicted octanol–water partition coefficient (Wildman–Crippen LogP) is 2.41. The standard InChI is InChI=1S/C14H22N2O/c1-10(2)5-6-16-12-3-4-14-11(7-12)8-13(9-15)17-14/h3-4,7,10,13,16H,5-6,8-9,15H2,1-2H3. The number of ether oxygens (including phenoxy) is 1. The van der Waals surface area contributed by atoms with E-state index < -0.39 is 0 Å². The van der Waals surface area contributed by atoms with Crippen molar-refractivity contribution in [3.05, 3.63) is 23.8 Å². The summed E-state index contributed by atoms with van der Waals surface area (Å²) in [5.41, 5.74) is 8.08. The monoisotopic (exact) mass is 234 g/mol. The number of rotatable bonds is 5. The molecule has 0 radical (unpaired) electrons. The number of anilines is 1. The van der Waals surface area contributed by atoms with Gasteiger partial charge in [0.25, 0.3) is 0 Å². The van der Waals surface area contributed by atoms with Gasteiger partial charge < -0.3 is 15.8 Å². The molecule has 1 aliphatic heterocycles. The molecule has 0 amide bonds. The summed E-state index contributed by atoms with van der Waals surface area (Å²) in [5, 5.41) is 3.45. The van der Waals surface area contributed by atoms with Crippen LogP contribution in [0.3, 0.4) is 0 Å². The second-order valence-electron chi connectivity index (χ2n) is 5.11. The van der Waals surface area contributed by atoms with Gasteiger partial charge in [0, 0.05) is 25.2 Å². The number of nitrogens with two attached hydrogens (primary N) is 1. The summed E-state index contributed by atoms with van der Waals surface area (Å²) < 4.78 is 5.70. The fraction of sp³-hybridized carbons (Fsp3) is 0.571. The molecule has 0 aliphatic carbocycles. The largest absolute Gasteiger partial charge is 0.488 e. The van der Waals surface area contributed by atoms with Gasteiger partial charge in [-0.1, -0.05) is 13.8 Å². The van der Waals surface area contributed by atoms with E-state index in [9.17, 15) is 0 Å². The number of nitrogens with one attached hydrogen (secondary N) is 1. The highest BCUT2D eigenvalue weighted by molar-refractivity contribution is 5.52. The fourth-order valence-electron chi connectivity index (χ4n) is 2.07. The third-order valence-electron chi connectivity index (χ3n) is 3.12. The highest BCUT2D eigenvalue weighted by Gasteiger charge is 2.21. The van der Waals surface area contributed by atoms with Crippen molar-refractivity contribution in [2.45, 2.75) is 32.8 Å². The lowest BCUT2D eigenvalue weighted by Crippen LogP contribution is -2.24. The van der Waals surface area contributed by atoms with E-state index in [1.54, 1.807) is 0 Å².